The van der Waals surface area contributed by atoms with Crippen LogP contribution in [-0.2, 0) is 39.4 Å². The van der Waals surface area contributed by atoms with E-state index < -0.39 is 44.1 Å². The van der Waals surface area contributed by atoms with E-state index in [-0.39, 0.29) is 18.0 Å². The lowest BCUT2D eigenvalue weighted by Gasteiger charge is -2.32. The molecule has 1 saturated carbocycles. The van der Waals surface area contributed by atoms with Crippen LogP contribution in [0, 0.1) is 0 Å². The van der Waals surface area contributed by atoms with E-state index >= 15 is 0 Å². The lowest BCUT2D eigenvalue weighted by Crippen LogP contribution is -2.48. The molecule has 1 aliphatic carbocycles. The molecule has 3 rings (SSSR count). The molecule has 2 aromatic rings. The van der Waals surface area contributed by atoms with Crippen LogP contribution in [0.1, 0.15) is 66.7 Å². The van der Waals surface area contributed by atoms with E-state index in [0.717, 1.165) is 32.1 Å². The van der Waals surface area contributed by atoms with Gasteiger partial charge in [-0.15, -0.1) is 0 Å². The topological polar surface area (TPSA) is 170 Å². The van der Waals surface area contributed by atoms with Crippen molar-refractivity contribution in [2.24, 2.45) is 0 Å². The third-order valence-electron chi connectivity index (χ3n) is 5.96. The Kier molecular flexibility index (Phi) is 10.2. The summed E-state index contributed by atoms with van der Waals surface area (Å²) in [4.78, 5) is 37.4. The molecule has 0 bridgehead atoms. The number of hydrogen-bond donors (Lipinski definition) is 2. The highest BCUT2D eigenvalue weighted by Crippen LogP contribution is 2.45. The highest BCUT2D eigenvalue weighted by molar-refractivity contribution is 7.56. The Hall–Kier alpha value is -2.60. The Morgan fingerprint density at radius 2 is 1.89 bits per heavy atom. The van der Waals surface area contributed by atoms with Gasteiger partial charge in [-0.3, -0.25) is 9.36 Å². The van der Waals surface area contributed by atoms with Gasteiger partial charge in [0.15, 0.2) is 18.1 Å². The number of nitrogens with one attached hydrogen (secondary N) is 1. The molecule has 38 heavy (non-hydrogen) atoms. The maximum absolute atomic E-state index is 13.8. The van der Waals surface area contributed by atoms with E-state index in [1.54, 1.807) is 45.5 Å². The first-order valence-electron chi connectivity index (χ1n) is 12.8. The predicted octanol–water partition coefficient (Wildman–Crippen LogP) is 3.18. The zero-order valence-electron chi connectivity index (χ0n) is 22.7. The summed E-state index contributed by atoms with van der Waals surface area (Å²) in [6, 6.07) is 0. The maximum Gasteiger partial charge on any atom is 0.332 e. The molecule has 3 N–H and O–H groups in total. The van der Waals surface area contributed by atoms with Crippen molar-refractivity contribution in [2.75, 3.05) is 18.7 Å². The maximum atomic E-state index is 13.8. The second-order valence-electron chi connectivity index (χ2n) is 10.3. The smallest absolute Gasteiger partial charge is 0.332 e. The highest BCUT2D eigenvalue weighted by Gasteiger charge is 2.40. The highest BCUT2D eigenvalue weighted by atomic mass is 31.2. The fourth-order valence-electron chi connectivity index (χ4n) is 4.10. The average Bonchev–Trinajstić information content (AvgIpc) is 3.25. The number of nitrogens with two attached hydrogens (primary N) is 1. The Balaban J connectivity index is 1.67. The van der Waals surface area contributed by atoms with Crippen LogP contribution < -0.4 is 10.8 Å². The number of esters is 2. The van der Waals surface area contributed by atoms with E-state index in [9.17, 15) is 14.2 Å². The number of nitrogen functional groups attached to an aromatic ring is 1. The predicted molar refractivity (Wildman–Crippen MR) is 140 cm³/mol. The number of rotatable bonds is 13. The molecule has 2 aromatic heterocycles. The first kappa shape index (κ1) is 29.9. The van der Waals surface area contributed by atoms with Gasteiger partial charge < -0.3 is 29.0 Å². The van der Waals surface area contributed by atoms with Crippen molar-refractivity contribution in [3.05, 3.63) is 12.7 Å². The summed E-state index contributed by atoms with van der Waals surface area (Å²) in [7, 11) is -3.89. The molecule has 0 saturated heterocycles. The molecule has 0 amide bonds. The Bertz CT molecular complexity index is 1150. The van der Waals surface area contributed by atoms with Crippen LogP contribution in [0.5, 0.6) is 0 Å². The molecule has 1 aliphatic rings. The lowest BCUT2D eigenvalue weighted by atomic mass is 9.97. The summed E-state index contributed by atoms with van der Waals surface area (Å²) >= 11 is 0. The quantitative estimate of drug-likeness (QED) is 0.274. The van der Waals surface area contributed by atoms with Crippen LogP contribution in [0.4, 0.5) is 5.82 Å². The van der Waals surface area contributed by atoms with Crippen molar-refractivity contribution in [3.63, 3.8) is 0 Å². The Morgan fingerprint density at radius 1 is 1.18 bits per heavy atom. The van der Waals surface area contributed by atoms with Gasteiger partial charge in [0.25, 0.3) is 7.52 Å². The van der Waals surface area contributed by atoms with E-state index in [1.165, 1.54) is 6.33 Å². The fraction of sp³-hybridized carbons (Fsp3) is 0.708. The molecular weight excluding hydrogens is 515 g/mol. The molecule has 0 aliphatic heterocycles. The van der Waals surface area contributed by atoms with Crippen LogP contribution >= 0.6 is 7.52 Å². The zero-order valence-corrected chi connectivity index (χ0v) is 23.6. The van der Waals surface area contributed by atoms with Gasteiger partial charge in [0.2, 0.25) is 0 Å². The molecule has 1 unspecified atom stereocenters. The van der Waals surface area contributed by atoms with E-state index in [1.807, 2.05) is 0 Å². The average molecular weight is 555 g/mol. The van der Waals surface area contributed by atoms with Gasteiger partial charge in [-0.1, -0.05) is 6.42 Å². The third kappa shape index (κ3) is 8.45. The van der Waals surface area contributed by atoms with Crippen molar-refractivity contribution < 1.29 is 32.9 Å². The van der Waals surface area contributed by atoms with Crippen molar-refractivity contribution in [3.8, 4) is 0 Å². The summed E-state index contributed by atoms with van der Waals surface area (Å²) in [5, 5.41) is 2.79. The number of aromatic nitrogens is 4. The van der Waals surface area contributed by atoms with Gasteiger partial charge in [-0.05, 0) is 60.3 Å². The standard InChI is InChI=1S/C24H39N6O7P/c1-16(2)36-19(31)12-35-38(33,29-24(4,5)23(32)37-18-9-7-6-8-10-18)15-34-17(3)11-30-14-28-20-21(25)26-13-27-22(20)30/h13-14,16-18H,6-12,15H2,1-5H3,(H,29,33)(H2,25,26,27)/t17-,38?/m1/s1. The number of anilines is 1. The second kappa shape index (κ2) is 13.0. The van der Waals surface area contributed by atoms with Gasteiger partial charge in [0.05, 0.1) is 25.1 Å². The molecule has 0 radical (unpaired) electrons. The molecule has 2 heterocycles. The van der Waals surface area contributed by atoms with Gasteiger partial charge in [-0.25, -0.2) is 24.8 Å². The van der Waals surface area contributed by atoms with E-state index in [0.29, 0.717) is 17.7 Å². The summed E-state index contributed by atoms with van der Waals surface area (Å²) < 4.78 is 37.8. The molecule has 0 aromatic carbocycles. The van der Waals surface area contributed by atoms with Gasteiger partial charge in [0, 0.05) is 0 Å². The van der Waals surface area contributed by atoms with Gasteiger partial charge in [-0.2, -0.15) is 0 Å². The minimum absolute atomic E-state index is 0.169. The van der Waals surface area contributed by atoms with Crippen molar-refractivity contribution in [2.45, 2.75) is 97.1 Å². The first-order chi connectivity index (χ1) is 17.9. The molecule has 14 heteroatoms. The first-order valence-corrected chi connectivity index (χ1v) is 14.7. The van der Waals surface area contributed by atoms with Crippen LogP contribution in [0.2, 0.25) is 0 Å². The van der Waals surface area contributed by atoms with Gasteiger partial charge in [0.1, 0.15) is 29.8 Å². The minimum atomic E-state index is -3.89. The fourth-order valence-corrected chi connectivity index (χ4v) is 6.01. The van der Waals surface area contributed by atoms with Gasteiger partial charge >= 0.3 is 11.9 Å². The Labute approximate surface area is 222 Å². The number of ether oxygens (including phenoxy) is 3. The molecule has 0 spiro atoms. The molecule has 1 fully saturated rings. The minimum Gasteiger partial charge on any atom is -0.461 e. The van der Waals surface area contributed by atoms with E-state index in [4.69, 9.17) is 24.5 Å². The van der Waals surface area contributed by atoms with Crippen molar-refractivity contribution in [1.82, 2.24) is 24.6 Å². The SMILES string of the molecule is CC(C)OC(=O)COP(=O)(CO[C@H](C)Cn1cnc2c(N)ncnc21)NC(C)(C)C(=O)OC1CCCCC1. The molecule has 212 valence electrons. The van der Waals surface area contributed by atoms with Crippen LogP contribution in [0.3, 0.4) is 0 Å². The monoisotopic (exact) mass is 554 g/mol. The van der Waals surface area contributed by atoms with Crippen molar-refractivity contribution in [1.29, 1.82) is 0 Å². The van der Waals surface area contributed by atoms with Crippen LogP contribution in [-0.4, -0.2) is 68.3 Å². The largest absolute Gasteiger partial charge is 0.461 e. The number of nitrogens with zero attached hydrogens (tertiary/aromatic N) is 4. The van der Waals surface area contributed by atoms with Crippen molar-refractivity contribution >= 4 is 36.4 Å². The number of hydrogen-bond acceptors (Lipinski definition) is 11. The summed E-state index contributed by atoms with van der Waals surface area (Å²) in [6.45, 7) is 8.03. The number of fused-ring (bicyclic) bond motifs is 1. The summed E-state index contributed by atoms with van der Waals surface area (Å²) in [6.07, 6.45) is 6.23. The lowest BCUT2D eigenvalue weighted by molar-refractivity contribution is -0.156. The summed E-state index contributed by atoms with van der Waals surface area (Å²) in [5.74, 6) is -0.965. The molecule has 13 nitrogen and oxygen atoms in total. The Morgan fingerprint density at radius 3 is 2.58 bits per heavy atom. The number of carbonyl (C=O) groups is 2. The summed E-state index contributed by atoms with van der Waals surface area (Å²) in [5.41, 5.74) is 5.49. The zero-order chi connectivity index (χ0) is 27.9. The van der Waals surface area contributed by atoms with E-state index in [2.05, 4.69) is 20.0 Å². The normalized spacial score (nSPS) is 17.3. The number of imidazole rings is 1. The van der Waals surface area contributed by atoms with Crippen LogP contribution in [0.15, 0.2) is 12.7 Å². The number of carbonyl (C=O) groups excluding carboxylic acids is 2. The third-order valence-corrected chi connectivity index (χ3v) is 7.89. The molecular formula is C24H39N6O7P. The molecule has 2 atom stereocenters. The second-order valence-corrected chi connectivity index (χ2v) is 12.4. The van der Waals surface area contributed by atoms with Crippen LogP contribution in [0.25, 0.3) is 11.2 Å².